The summed E-state index contributed by atoms with van der Waals surface area (Å²) in [6.45, 7) is 8.21. The molecule has 0 unspecified atom stereocenters. The van der Waals surface area contributed by atoms with Gasteiger partial charge >= 0.3 is 0 Å². The van der Waals surface area contributed by atoms with Crippen LogP contribution in [0.25, 0.3) is 0 Å². The number of carbonyl (C=O) groups is 1. The Balaban J connectivity index is 1.62. The number of nitrogens with zero attached hydrogens (tertiary/aromatic N) is 2. The van der Waals surface area contributed by atoms with Crippen LogP contribution < -0.4 is 4.74 Å². The zero-order valence-electron chi connectivity index (χ0n) is 17.2. The van der Waals surface area contributed by atoms with Crippen LogP contribution >= 0.6 is 0 Å². The molecule has 2 rings (SSSR count). The van der Waals surface area contributed by atoms with Crippen molar-refractivity contribution >= 4 is 5.91 Å². The lowest BCUT2D eigenvalue weighted by molar-refractivity contribution is -0.140. The first-order valence-electron chi connectivity index (χ1n) is 10.3. The van der Waals surface area contributed by atoms with Crippen LogP contribution in [0, 0.1) is 11.8 Å². The van der Waals surface area contributed by atoms with Crippen LogP contribution in [0.2, 0.25) is 0 Å². The highest BCUT2D eigenvalue weighted by Crippen LogP contribution is 2.22. The monoisotopic (exact) mass is 376 g/mol. The molecule has 0 saturated carbocycles. The maximum atomic E-state index is 12.1. The number of aliphatic hydroxyl groups excluding tert-OH is 1. The normalized spacial score (nSPS) is 15.0. The first-order chi connectivity index (χ1) is 13.0. The van der Waals surface area contributed by atoms with Gasteiger partial charge in [0.1, 0.15) is 5.75 Å². The van der Waals surface area contributed by atoms with Gasteiger partial charge in [0.25, 0.3) is 0 Å². The third kappa shape index (κ3) is 7.51. The topological polar surface area (TPSA) is 53.0 Å². The van der Waals surface area contributed by atoms with E-state index in [1.54, 1.807) is 11.9 Å². The molecule has 0 spiro atoms. The minimum Gasteiger partial charge on any atom is -0.494 e. The molecule has 1 heterocycles. The van der Waals surface area contributed by atoms with Gasteiger partial charge in [-0.2, -0.15) is 0 Å². The average molecular weight is 377 g/mol. The Morgan fingerprint density at radius 3 is 2.56 bits per heavy atom. The van der Waals surface area contributed by atoms with Gasteiger partial charge in [-0.05, 0) is 30.0 Å². The fourth-order valence-electron chi connectivity index (χ4n) is 3.40. The molecule has 5 heteroatoms. The Morgan fingerprint density at radius 1 is 1.22 bits per heavy atom. The molecule has 0 aromatic heterocycles. The molecule has 0 radical (unpaired) electrons. The number of rotatable bonds is 12. The Labute approximate surface area is 164 Å². The summed E-state index contributed by atoms with van der Waals surface area (Å²) in [7, 11) is 1.75. The first-order valence-corrected chi connectivity index (χ1v) is 10.3. The van der Waals surface area contributed by atoms with Crippen LogP contribution in [-0.4, -0.2) is 60.7 Å². The van der Waals surface area contributed by atoms with Gasteiger partial charge in [0, 0.05) is 33.2 Å². The van der Waals surface area contributed by atoms with Crippen LogP contribution in [0.3, 0.4) is 0 Å². The lowest BCUT2D eigenvalue weighted by atomic mass is 9.97. The van der Waals surface area contributed by atoms with E-state index in [1.165, 1.54) is 24.8 Å². The summed E-state index contributed by atoms with van der Waals surface area (Å²) >= 11 is 0. The second kappa shape index (κ2) is 11.3. The fraction of sp³-hybridized carbons (Fsp3) is 0.682. The molecule has 1 aromatic rings. The minimum absolute atomic E-state index is 0.0189. The molecule has 1 aliphatic heterocycles. The third-order valence-electron chi connectivity index (χ3n) is 5.14. The van der Waals surface area contributed by atoms with Crippen molar-refractivity contribution in [3.8, 4) is 5.75 Å². The summed E-state index contributed by atoms with van der Waals surface area (Å²) in [5.74, 6) is 1.93. The summed E-state index contributed by atoms with van der Waals surface area (Å²) in [6, 6.07) is 8.31. The Bertz CT molecular complexity index is 553. The molecule has 1 amide bonds. The molecule has 27 heavy (non-hydrogen) atoms. The zero-order chi connectivity index (χ0) is 19.6. The minimum atomic E-state index is 0.0189. The summed E-state index contributed by atoms with van der Waals surface area (Å²) in [5, 5.41) is 8.92. The van der Waals surface area contributed by atoms with E-state index >= 15 is 0 Å². The Kier molecular flexibility index (Phi) is 9.08. The van der Waals surface area contributed by atoms with Crippen LogP contribution in [0.15, 0.2) is 24.3 Å². The predicted molar refractivity (Wildman–Crippen MR) is 109 cm³/mol. The number of hydrogen-bond acceptors (Lipinski definition) is 4. The smallest absolute Gasteiger partial charge is 0.228 e. The molecule has 5 nitrogen and oxygen atoms in total. The highest BCUT2D eigenvalue weighted by Gasteiger charge is 2.33. The molecule has 1 saturated heterocycles. The van der Waals surface area contributed by atoms with Gasteiger partial charge < -0.3 is 14.7 Å². The van der Waals surface area contributed by atoms with Gasteiger partial charge in [0.2, 0.25) is 5.91 Å². The lowest BCUT2D eigenvalue weighted by Gasteiger charge is -2.39. The molecule has 0 bridgehead atoms. The zero-order valence-corrected chi connectivity index (χ0v) is 17.2. The van der Waals surface area contributed by atoms with Crippen molar-refractivity contribution in [1.82, 2.24) is 9.80 Å². The number of unbranched alkanes of at least 4 members (excludes halogenated alkanes) is 2. The van der Waals surface area contributed by atoms with E-state index in [0.29, 0.717) is 6.54 Å². The van der Waals surface area contributed by atoms with Gasteiger partial charge in [0.15, 0.2) is 0 Å². The molecule has 0 aliphatic carbocycles. The number of benzene rings is 1. The van der Waals surface area contributed by atoms with Crippen molar-refractivity contribution < 1.29 is 14.6 Å². The van der Waals surface area contributed by atoms with Gasteiger partial charge in [-0.15, -0.1) is 0 Å². The number of likely N-dealkylation sites (N-methyl/N-ethyl adjacent to an activating group) is 1. The molecule has 0 atom stereocenters. The molecular weight excluding hydrogens is 340 g/mol. The highest BCUT2D eigenvalue weighted by molar-refractivity contribution is 5.79. The summed E-state index contributed by atoms with van der Waals surface area (Å²) in [5.41, 5.74) is 1.24. The van der Waals surface area contributed by atoms with Gasteiger partial charge in [-0.3, -0.25) is 9.69 Å². The van der Waals surface area contributed by atoms with E-state index in [4.69, 9.17) is 9.84 Å². The summed E-state index contributed by atoms with van der Waals surface area (Å²) < 4.78 is 5.83. The van der Waals surface area contributed by atoms with E-state index in [2.05, 4.69) is 30.9 Å². The highest BCUT2D eigenvalue weighted by atomic mass is 16.5. The Hall–Kier alpha value is -1.59. The van der Waals surface area contributed by atoms with Gasteiger partial charge in [0.05, 0.1) is 19.1 Å². The molecule has 1 N–H and O–H groups in total. The third-order valence-corrected chi connectivity index (χ3v) is 5.14. The van der Waals surface area contributed by atoms with Crippen molar-refractivity contribution in [1.29, 1.82) is 0 Å². The van der Waals surface area contributed by atoms with E-state index in [-0.39, 0.29) is 18.4 Å². The largest absolute Gasteiger partial charge is 0.494 e. The van der Waals surface area contributed by atoms with Crippen molar-refractivity contribution in [2.75, 3.05) is 39.9 Å². The average Bonchev–Trinajstić information content (AvgIpc) is 2.61. The quantitative estimate of drug-likeness (QED) is 0.569. The van der Waals surface area contributed by atoms with Crippen molar-refractivity contribution in [3.05, 3.63) is 29.8 Å². The standard InChI is InChI=1S/C22H36N2O3/c1-18(2)7-5-4-6-14-27-21-10-8-19(9-11-21)15-24-16-20(17-24)22(26)23(3)12-13-25/h8-11,18,20,25H,4-7,12-17H2,1-3H3. The maximum absolute atomic E-state index is 12.1. The van der Waals surface area contributed by atoms with Crippen LogP contribution in [-0.2, 0) is 11.3 Å². The second-order valence-corrected chi connectivity index (χ2v) is 8.11. The van der Waals surface area contributed by atoms with E-state index < -0.39 is 0 Å². The number of aliphatic hydroxyl groups is 1. The van der Waals surface area contributed by atoms with Crippen molar-refractivity contribution in [3.63, 3.8) is 0 Å². The number of amides is 1. The molecule has 1 fully saturated rings. The SMILES string of the molecule is CC(C)CCCCCOc1ccc(CN2CC(C(=O)N(C)CCO)C2)cc1. The number of ether oxygens (including phenoxy) is 1. The van der Waals surface area contributed by atoms with Gasteiger partial charge in [-0.25, -0.2) is 0 Å². The number of hydrogen-bond donors (Lipinski definition) is 1. The van der Waals surface area contributed by atoms with E-state index in [9.17, 15) is 4.79 Å². The molecule has 152 valence electrons. The molecule has 1 aromatic carbocycles. The Morgan fingerprint density at radius 2 is 1.93 bits per heavy atom. The summed E-state index contributed by atoms with van der Waals surface area (Å²) in [6.07, 6.45) is 4.94. The number of carbonyl (C=O) groups excluding carboxylic acids is 1. The molecular formula is C22H36N2O3. The van der Waals surface area contributed by atoms with Crippen molar-refractivity contribution in [2.24, 2.45) is 11.8 Å². The van der Waals surface area contributed by atoms with Crippen LogP contribution in [0.5, 0.6) is 5.75 Å². The van der Waals surface area contributed by atoms with E-state index in [1.807, 2.05) is 12.1 Å². The predicted octanol–water partition coefficient (Wildman–Crippen LogP) is 3.16. The second-order valence-electron chi connectivity index (χ2n) is 8.11. The van der Waals surface area contributed by atoms with Crippen LogP contribution in [0.1, 0.15) is 45.1 Å². The first kappa shape index (κ1) is 21.7. The van der Waals surface area contributed by atoms with E-state index in [0.717, 1.165) is 44.3 Å². The van der Waals surface area contributed by atoms with Crippen molar-refractivity contribution in [2.45, 2.75) is 46.1 Å². The van der Waals surface area contributed by atoms with Gasteiger partial charge in [-0.1, -0.05) is 45.2 Å². The number of likely N-dealkylation sites (tertiary alicyclic amines) is 1. The fourth-order valence-corrected chi connectivity index (χ4v) is 3.40. The maximum Gasteiger partial charge on any atom is 0.228 e. The van der Waals surface area contributed by atoms with Crippen LogP contribution in [0.4, 0.5) is 0 Å². The molecule has 1 aliphatic rings. The summed E-state index contributed by atoms with van der Waals surface area (Å²) in [4.78, 5) is 16.0. The lowest BCUT2D eigenvalue weighted by Crippen LogP contribution is -2.53.